The Kier molecular flexibility index (Phi) is 5.00. The third-order valence-corrected chi connectivity index (χ3v) is 3.58. The first-order valence-corrected chi connectivity index (χ1v) is 6.96. The highest BCUT2D eigenvalue weighted by atomic mass is 35.5. The van der Waals surface area contributed by atoms with Crippen LogP contribution in [0, 0.1) is 0 Å². The molecule has 1 aliphatic rings. The summed E-state index contributed by atoms with van der Waals surface area (Å²) in [5, 5.41) is 4.16. The SMILES string of the molecule is C=CCCC(=O)N1CCN[C@H](c2cccc(Cl)c2)C1. The van der Waals surface area contributed by atoms with E-state index >= 15 is 0 Å². The summed E-state index contributed by atoms with van der Waals surface area (Å²) < 4.78 is 0. The number of hydrogen-bond acceptors (Lipinski definition) is 2. The number of nitrogens with one attached hydrogen (secondary N) is 1. The molecule has 1 aromatic carbocycles. The Hall–Kier alpha value is -1.32. The molecule has 0 radical (unpaired) electrons. The van der Waals surface area contributed by atoms with E-state index in [1.807, 2.05) is 29.2 Å². The molecule has 0 aromatic heterocycles. The molecule has 4 heteroatoms. The van der Waals surface area contributed by atoms with E-state index in [2.05, 4.69) is 11.9 Å². The maximum atomic E-state index is 12.0. The molecule has 2 rings (SSSR count). The number of piperazine rings is 1. The number of allylic oxidation sites excluding steroid dienone is 1. The number of carbonyl (C=O) groups excluding carboxylic acids is 1. The molecule has 1 aliphatic heterocycles. The maximum absolute atomic E-state index is 12.0. The van der Waals surface area contributed by atoms with Crippen LogP contribution in [0.1, 0.15) is 24.4 Å². The number of amides is 1. The fourth-order valence-electron chi connectivity index (χ4n) is 2.31. The van der Waals surface area contributed by atoms with Crippen molar-refractivity contribution in [1.82, 2.24) is 10.2 Å². The Morgan fingerprint density at radius 2 is 2.42 bits per heavy atom. The fourth-order valence-corrected chi connectivity index (χ4v) is 2.51. The summed E-state index contributed by atoms with van der Waals surface area (Å²) in [7, 11) is 0. The quantitative estimate of drug-likeness (QED) is 0.859. The lowest BCUT2D eigenvalue weighted by Gasteiger charge is -2.34. The Morgan fingerprint density at radius 1 is 1.58 bits per heavy atom. The number of halogens is 1. The van der Waals surface area contributed by atoms with Crippen LogP contribution in [0.5, 0.6) is 0 Å². The van der Waals surface area contributed by atoms with Gasteiger partial charge in [0.1, 0.15) is 0 Å². The van der Waals surface area contributed by atoms with Crippen molar-refractivity contribution in [1.29, 1.82) is 0 Å². The van der Waals surface area contributed by atoms with E-state index in [-0.39, 0.29) is 11.9 Å². The van der Waals surface area contributed by atoms with Gasteiger partial charge in [0.2, 0.25) is 5.91 Å². The van der Waals surface area contributed by atoms with Gasteiger partial charge in [0.15, 0.2) is 0 Å². The van der Waals surface area contributed by atoms with Crippen molar-refractivity contribution in [3.05, 3.63) is 47.5 Å². The second-order valence-corrected chi connectivity index (χ2v) is 5.17. The predicted molar refractivity (Wildman–Crippen MR) is 78.2 cm³/mol. The van der Waals surface area contributed by atoms with Crippen LogP contribution in [0.25, 0.3) is 0 Å². The molecule has 0 spiro atoms. The van der Waals surface area contributed by atoms with Crippen molar-refractivity contribution in [3.63, 3.8) is 0 Å². The van der Waals surface area contributed by atoms with E-state index in [1.165, 1.54) is 0 Å². The maximum Gasteiger partial charge on any atom is 0.222 e. The minimum atomic E-state index is 0.167. The number of hydrogen-bond donors (Lipinski definition) is 1. The summed E-state index contributed by atoms with van der Waals surface area (Å²) in [6.07, 6.45) is 3.07. The van der Waals surface area contributed by atoms with Gasteiger partial charge in [-0.1, -0.05) is 29.8 Å². The van der Waals surface area contributed by atoms with Gasteiger partial charge in [-0.25, -0.2) is 0 Å². The molecule has 1 aromatic rings. The Labute approximate surface area is 119 Å². The molecule has 1 amide bonds. The lowest BCUT2D eigenvalue weighted by atomic mass is 10.0. The molecule has 0 unspecified atom stereocenters. The highest BCUT2D eigenvalue weighted by Gasteiger charge is 2.23. The first-order valence-electron chi connectivity index (χ1n) is 6.58. The third kappa shape index (κ3) is 3.82. The van der Waals surface area contributed by atoms with Crippen molar-refractivity contribution in [3.8, 4) is 0 Å². The second-order valence-electron chi connectivity index (χ2n) is 4.73. The van der Waals surface area contributed by atoms with Crippen LogP contribution in [-0.2, 0) is 4.79 Å². The van der Waals surface area contributed by atoms with Gasteiger partial charge in [-0.3, -0.25) is 4.79 Å². The van der Waals surface area contributed by atoms with Gasteiger partial charge in [-0.2, -0.15) is 0 Å². The molecule has 0 bridgehead atoms. The van der Waals surface area contributed by atoms with Gasteiger partial charge in [0, 0.05) is 37.1 Å². The summed E-state index contributed by atoms with van der Waals surface area (Å²) in [4.78, 5) is 13.9. The van der Waals surface area contributed by atoms with Crippen LogP contribution in [0.4, 0.5) is 0 Å². The predicted octanol–water partition coefficient (Wildman–Crippen LogP) is 2.78. The van der Waals surface area contributed by atoms with Crippen molar-refractivity contribution in [2.45, 2.75) is 18.9 Å². The highest BCUT2D eigenvalue weighted by molar-refractivity contribution is 6.30. The van der Waals surface area contributed by atoms with E-state index in [9.17, 15) is 4.79 Å². The molecule has 102 valence electrons. The summed E-state index contributed by atoms with van der Waals surface area (Å²) in [6.45, 7) is 5.94. The van der Waals surface area contributed by atoms with E-state index in [0.29, 0.717) is 13.0 Å². The lowest BCUT2D eigenvalue weighted by Crippen LogP contribution is -2.48. The molecular formula is C15H19ClN2O. The largest absolute Gasteiger partial charge is 0.340 e. The van der Waals surface area contributed by atoms with Crippen molar-refractivity contribution >= 4 is 17.5 Å². The summed E-state index contributed by atoms with van der Waals surface area (Å²) in [6, 6.07) is 7.97. The molecule has 1 heterocycles. The lowest BCUT2D eigenvalue weighted by molar-refractivity contribution is -0.132. The van der Waals surface area contributed by atoms with E-state index < -0.39 is 0 Å². The Bertz CT molecular complexity index is 461. The van der Waals surface area contributed by atoms with Crippen LogP contribution in [0.15, 0.2) is 36.9 Å². The highest BCUT2D eigenvalue weighted by Crippen LogP contribution is 2.21. The zero-order valence-electron chi connectivity index (χ0n) is 10.9. The Morgan fingerprint density at radius 3 is 3.16 bits per heavy atom. The van der Waals surface area contributed by atoms with Crippen LogP contribution in [-0.4, -0.2) is 30.4 Å². The van der Waals surface area contributed by atoms with Gasteiger partial charge in [0.05, 0.1) is 0 Å². The van der Waals surface area contributed by atoms with Crippen LogP contribution in [0.2, 0.25) is 5.02 Å². The minimum Gasteiger partial charge on any atom is -0.340 e. The van der Waals surface area contributed by atoms with Crippen LogP contribution in [0.3, 0.4) is 0 Å². The van der Waals surface area contributed by atoms with E-state index in [1.54, 1.807) is 6.08 Å². The van der Waals surface area contributed by atoms with Crippen LogP contribution >= 0.6 is 11.6 Å². The van der Waals surface area contributed by atoms with Crippen LogP contribution < -0.4 is 5.32 Å². The molecule has 1 N–H and O–H groups in total. The zero-order valence-corrected chi connectivity index (χ0v) is 11.7. The standard InChI is InChI=1S/C15H19ClN2O/c1-2-3-7-15(19)18-9-8-17-14(11-18)12-5-4-6-13(16)10-12/h2,4-6,10,14,17H,1,3,7-9,11H2/t14-/m0/s1. The van der Waals surface area contributed by atoms with Crippen molar-refractivity contribution in [2.75, 3.05) is 19.6 Å². The Balaban J connectivity index is 2.00. The number of carbonyl (C=O) groups is 1. The average molecular weight is 279 g/mol. The average Bonchev–Trinajstić information content (AvgIpc) is 2.45. The van der Waals surface area contributed by atoms with Gasteiger partial charge >= 0.3 is 0 Å². The van der Waals surface area contributed by atoms with E-state index in [0.717, 1.165) is 30.1 Å². The molecule has 3 nitrogen and oxygen atoms in total. The monoisotopic (exact) mass is 278 g/mol. The normalized spacial score (nSPS) is 19.2. The summed E-state index contributed by atoms with van der Waals surface area (Å²) in [5.74, 6) is 0.202. The van der Waals surface area contributed by atoms with Gasteiger partial charge < -0.3 is 10.2 Å². The van der Waals surface area contributed by atoms with Crippen molar-refractivity contribution < 1.29 is 4.79 Å². The van der Waals surface area contributed by atoms with Crippen molar-refractivity contribution in [2.24, 2.45) is 0 Å². The number of nitrogens with zero attached hydrogens (tertiary/aromatic N) is 1. The number of benzene rings is 1. The number of rotatable bonds is 4. The van der Waals surface area contributed by atoms with Gasteiger partial charge in [0.25, 0.3) is 0 Å². The van der Waals surface area contributed by atoms with Gasteiger partial charge in [-0.15, -0.1) is 6.58 Å². The molecular weight excluding hydrogens is 260 g/mol. The smallest absolute Gasteiger partial charge is 0.222 e. The second kappa shape index (κ2) is 6.73. The third-order valence-electron chi connectivity index (χ3n) is 3.34. The summed E-state index contributed by atoms with van der Waals surface area (Å²) >= 11 is 6.01. The molecule has 1 fully saturated rings. The molecule has 0 saturated carbocycles. The molecule has 1 atom stereocenters. The zero-order chi connectivity index (χ0) is 13.7. The molecule has 1 saturated heterocycles. The first kappa shape index (κ1) is 14.1. The van der Waals surface area contributed by atoms with E-state index in [4.69, 9.17) is 11.6 Å². The summed E-state index contributed by atoms with van der Waals surface area (Å²) in [5.41, 5.74) is 1.13. The molecule has 0 aliphatic carbocycles. The molecule has 19 heavy (non-hydrogen) atoms. The topological polar surface area (TPSA) is 32.3 Å². The first-order chi connectivity index (χ1) is 9.20. The minimum absolute atomic E-state index is 0.167. The fraction of sp³-hybridized carbons (Fsp3) is 0.400. The van der Waals surface area contributed by atoms with Gasteiger partial charge in [-0.05, 0) is 24.1 Å².